The van der Waals surface area contributed by atoms with Crippen LogP contribution in [0, 0.1) is 0 Å². The number of hydrogen-bond acceptors (Lipinski definition) is 2. The van der Waals surface area contributed by atoms with Gasteiger partial charge in [0.15, 0.2) is 0 Å². The van der Waals surface area contributed by atoms with Gasteiger partial charge in [0.1, 0.15) is 12.4 Å². The summed E-state index contributed by atoms with van der Waals surface area (Å²) in [5.74, 6) is 0.828. The Kier molecular flexibility index (Phi) is 4.24. The van der Waals surface area contributed by atoms with Gasteiger partial charge < -0.3 is 15.4 Å². The standard InChI is InChI=1S/C13H18N2O2/c16-13(15-11-5-4-6-11)14-9-10-17-12-7-2-1-3-8-12/h1-3,7-8,11H,4-6,9-10H2,(H2,14,15,16). The Morgan fingerprint density at radius 2 is 2.06 bits per heavy atom. The van der Waals surface area contributed by atoms with Crippen molar-refractivity contribution in [1.29, 1.82) is 0 Å². The molecular weight excluding hydrogens is 216 g/mol. The zero-order valence-electron chi connectivity index (χ0n) is 9.82. The summed E-state index contributed by atoms with van der Waals surface area (Å²) in [6.07, 6.45) is 3.43. The first-order valence-corrected chi connectivity index (χ1v) is 6.07. The highest BCUT2D eigenvalue weighted by molar-refractivity contribution is 5.74. The summed E-state index contributed by atoms with van der Waals surface area (Å²) in [6, 6.07) is 9.87. The molecule has 2 N–H and O–H groups in total. The van der Waals surface area contributed by atoms with Crippen LogP contribution in [-0.2, 0) is 0 Å². The number of carbonyl (C=O) groups is 1. The summed E-state index contributed by atoms with van der Waals surface area (Å²) in [5.41, 5.74) is 0. The van der Waals surface area contributed by atoms with Gasteiger partial charge in [0.2, 0.25) is 0 Å². The molecule has 1 aliphatic rings. The molecule has 0 aromatic heterocycles. The Hall–Kier alpha value is -1.71. The van der Waals surface area contributed by atoms with E-state index < -0.39 is 0 Å². The van der Waals surface area contributed by atoms with Crippen LogP contribution in [0.15, 0.2) is 30.3 Å². The third kappa shape index (κ3) is 3.98. The number of ether oxygens (including phenoxy) is 1. The van der Waals surface area contributed by atoms with E-state index in [1.54, 1.807) is 0 Å². The molecule has 0 unspecified atom stereocenters. The highest BCUT2D eigenvalue weighted by Crippen LogP contribution is 2.17. The Labute approximate surface area is 101 Å². The van der Waals surface area contributed by atoms with Crippen LogP contribution in [0.4, 0.5) is 4.79 Å². The van der Waals surface area contributed by atoms with Crippen LogP contribution in [0.2, 0.25) is 0 Å². The van der Waals surface area contributed by atoms with Crippen LogP contribution < -0.4 is 15.4 Å². The highest BCUT2D eigenvalue weighted by atomic mass is 16.5. The summed E-state index contributed by atoms with van der Waals surface area (Å²) < 4.78 is 5.46. The fourth-order valence-corrected chi connectivity index (χ4v) is 1.64. The minimum absolute atomic E-state index is 0.0913. The number of carbonyl (C=O) groups excluding carboxylic acids is 1. The van der Waals surface area contributed by atoms with Crippen LogP contribution in [0.25, 0.3) is 0 Å². The van der Waals surface area contributed by atoms with Crippen molar-refractivity contribution in [3.8, 4) is 5.75 Å². The van der Waals surface area contributed by atoms with Gasteiger partial charge in [-0.25, -0.2) is 4.79 Å². The number of para-hydroxylation sites is 1. The minimum atomic E-state index is -0.0913. The van der Waals surface area contributed by atoms with Gasteiger partial charge in [0.05, 0.1) is 6.54 Å². The smallest absolute Gasteiger partial charge is 0.315 e. The van der Waals surface area contributed by atoms with Gasteiger partial charge in [-0.1, -0.05) is 18.2 Å². The van der Waals surface area contributed by atoms with E-state index in [4.69, 9.17) is 4.74 Å². The predicted molar refractivity (Wildman–Crippen MR) is 66.1 cm³/mol. The minimum Gasteiger partial charge on any atom is -0.492 e. The quantitative estimate of drug-likeness (QED) is 0.765. The number of urea groups is 1. The second kappa shape index (κ2) is 6.13. The van der Waals surface area contributed by atoms with Crippen molar-refractivity contribution in [2.45, 2.75) is 25.3 Å². The second-order valence-electron chi connectivity index (χ2n) is 4.19. The molecule has 1 aliphatic carbocycles. The molecule has 0 spiro atoms. The summed E-state index contributed by atoms with van der Waals surface area (Å²) >= 11 is 0. The zero-order chi connectivity index (χ0) is 11.9. The normalized spacial score (nSPS) is 14.8. The Morgan fingerprint density at radius 3 is 2.71 bits per heavy atom. The first-order valence-electron chi connectivity index (χ1n) is 6.07. The molecule has 1 fully saturated rings. The zero-order valence-corrected chi connectivity index (χ0v) is 9.82. The number of benzene rings is 1. The van der Waals surface area contributed by atoms with Crippen LogP contribution in [0.1, 0.15) is 19.3 Å². The molecule has 0 aliphatic heterocycles. The van der Waals surface area contributed by atoms with E-state index in [1.165, 1.54) is 6.42 Å². The third-order valence-corrected chi connectivity index (χ3v) is 2.84. The highest BCUT2D eigenvalue weighted by Gasteiger charge is 2.18. The average molecular weight is 234 g/mol. The van der Waals surface area contributed by atoms with E-state index in [1.807, 2.05) is 30.3 Å². The molecule has 2 amide bonds. The first kappa shape index (κ1) is 11.8. The Morgan fingerprint density at radius 1 is 1.29 bits per heavy atom. The third-order valence-electron chi connectivity index (χ3n) is 2.84. The molecule has 0 heterocycles. The molecule has 4 nitrogen and oxygen atoms in total. The number of hydrogen-bond donors (Lipinski definition) is 2. The summed E-state index contributed by atoms with van der Waals surface area (Å²) in [5, 5.41) is 5.69. The van der Waals surface area contributed by atoms with Gasteiger partial charge in [0.25, 0.3) is 0 Å². The first-order chi connectivity index (χ1) is 8.34. The summed E-state index contributed by atoms with van der Waals surface area (Å²) in [7, 11) is 0. The lowest BCUT2D eigenvalue weighted by Crippen LogP contribution is -2.46. The maximum absolute atomic E-state index is 11.4. The van der Waals surface area contributed by atoms with Gasteiger partial charge in [-0.3, -0.25) is 0 Å². The fraction of sp³-hybridized carbons (Fsp3) is 0.462. The average Bonchev–Trinajstić information content (AvgIpc) is 2.31. The van der Waals surface area contributed by atoms with Crippen molar-refractivity contribution < 1.29 is 9.53 Å². The Bertz CT molecular complexity index is 350. The molecule has 92 valence electrons. The second-order valence-corrected chi connectivity index (χ2v) is 4.19. The van der Waals surface area contributed by atoms with Crippen molar-refractivity contribution in [3.63, 3.8) is 0 Å². The molecule has 17 heavy (non-hydrogen) atoms. The lowest BCUT2D eigenvalue weighted by atomic mass is 9.93. The van der Waals surface area contributed by atoms with Crippen LogP contribution in [0.3, 0.4) is 0 Å². The molecule has 1 aromatic carbocycles. The van der Waals surface area contributed by atoms with Crippen molar-refractivity contribution in [2.24, 2.45) is 0 Å². The maximum atomic E-state index is 11.4. The van der Waals surface area contributed by atoms with Crippen molar-refractivity contribution in [3.05, 3.63) is 30.3 Å². The summed E-state index contributed by atoms with van der Waals surface area (Å²) in [4.78, 5) is 11.4. The number of rotatable bonds is 5. The molecule has 4 heteroatoms. The van der Waals surface area contributed by atoms with E-state index >= 15 is 0 Å². The SMILES string of the molecule is O=C(NCCOc1ccccc1)NC1CCC1. The fourth-order valence-electron chi connectivity index (χ4n) is 1.64. The molecular formula is C13H18N2O2. The van der Waals surface area contributed by atoms with Gasteiger partial charge in [-0.2, -0.15) is 0 Å². The van der Waals surface area contributed by atoms with Crippen molar-refractivity contribution in [1.82, 2.24) is 10.6 Å². The lowest BCUT2D eigenvalue weighted by molar-refractivity contribution is 0.224. The predicted octanol–water partition coefficient (Wildman–Crippen LogP) is 1.92. The largest absolute Gasteiger partial charge is 0.492 e. The van der Waals surface area contributed by atoms with E-state index in [0.717, 1.165) is 18.6 Å². The van der Waals surface area contributed by atoms with Crippen LogP contribution >= 0.6 is 0 Å². The van der Waals surface area contributed by atoms with Gasteiger partial charge in [0, 0.05) is 6.04 Å². The lowest BCUT2D eigenvalue weighted by Gasteiger charge is -2.26. The van der Waals surface area contributed by atoms with Gasteiger partial charge in [-0.05, 0) is 31.4 Å². The van der Waals surface area contributed by atoms with Crippen molar-refractivity contribution in [2.75, 3.05) is 13.2 Å². The van der Waals surface area contributed by atoms with E-state index in [0.29, 0.717) is 19.2 Å². The maximum Gasteiger partial charge on any atom is 0.315 e. The monoisotopic (exact) mass is 234 g/mol. The van der Waals surface area contributed by atoms with E-state index in [-0.39, 0.29) is 6.03 Å². The molecule has 0 atom stereocenters. The molecule has 1 aromatic rings. The molecule has 0 bridgehead atoms. The molecule has 0 radical (unpaired) electrons. The van der Waals surface area contributed by atoms with Gasteiger partial charge in [-0.15, -0.1) is 0 Å². The Balaban J connectivity index is 1.55. The number of nitrogens with one attached hydrogen (secondary N) is 2. The van der Waals surface area contributed by atoms with Gasteiger partial charge >= 0.3 is 6.03 Å². The van der Waals surface area contributed by atoms with Crippen LogP contribution in [-0.4, -0.2) is 25.2 Å². The van der Waals surface area contributed by atoms with E-state index in [2.05, 4.69) is 10.6 Å². The summed E-state index contributed by atoms with van der Waals surface area (Å²) in [6.45, 7) is 1.01. The van der Waals surface area contributed by atoms with Crippen LogP contribution in [0.5, 0.6) is 5.75 Å². The molecule has 0 saturated heterocycles. The molecule has 2 rings (SSSR count). The van der Waals surface area contributed by atoms with E-state index in [9.17, 15) is 4.79 Å². The topological polar surface area (TPSA) is 50.4 Å². The molecule has 1 saturated carbocycles. The van der Waals surface area contributed by atoms with Crippen molar-refractivity contribution >= 4 is 6.03 Å². The number of amides is 2.